The van der Waals surface area contributed by atoms with Crippen molar-refractivity contribution in [2.45, 2.75) is 311 Å². The van der Waals surface area contributed by atoms with Crippen LogP contribution in [0.3, 0.4) is 0 Å². The van der Waals surface area contributed by atoms with Crippen LogP contribution in [0.25, 0.3) is 55.3 Å². The Balaban J connectivity index is 0.000000303. The van der Waals surface area contributed by atoms with Gasteiger partial charge in [-0.05, 0) is 250 Å². The predicted molar refractivity (Wildman–Crippen MR) is 523 cm³/mol. The molecule has 0 unspecified atom stereocenters. The summed E-state index contributed by atoms with van der Waals surface area (Å²) in [4.78, 5) is 28.7. The second-order valence-electron chi connectivity index (χ2n) is 42.5. The van der Waals surface area contributed by atoms with Gasteiger partial charge >= 0.3 is 20.6 Å². The van der Waals surface area contributed by atoms with Crippen molar-refractivity contribution in [1.82, 2.24) is 4.90 Å². The van der Waals surface area contributed by atoms with Gasteiger partial charge < -0.3 is 70.4 Å². The van der Waals surface area contributed by atoms with E-state index in [9.17, 15) is 19.8 Å². The highest BCUT2D eigenvalue weighted by atomic mass is 35.9. The van der Waals surface area contributed by atoms with Crippen LogP contribution in [-0.4, -0.2) is 86.7 Å². The van der Waals surface area contributed by atoms with Crippen LogP contribution in [0.2, 0.25) is 0 Å². The summed E-state index contributed by atoms with van der Waals surface area (Å²) in [6, 6.07) is 31.7. The van der Waals surface area contributed by atoms with E-state index < -0.39 is 44.0 Å². The van der Waals surface area contributed by atoms with Gasteiger partial charge in [-0.1, -0.05) is 211 Å². The molecule has 0 aliphatic heterocycles. The van der Waals surface area contributed by atoms with Crippen LogP contribution in [0.4, 0.5) is 9.59 Å². The van der Waals surface area contributed by atoms with Gasteiger partial charge in [-0.2, -0.15) is 0 Å². The van der Waals surface area contributed by atoms with E-state index in [1.54, 1.807) is 61.3 Å². The summed E-state index contributed by atoms with van der Waals surface area (Å²) in [5, 5.41) is 23.6. The van der Waals surface area contributed by atoms with Crippen LogP contribution in [0, 0.1) is 27.7 Å². The van der Waals surface area contributed by atoms with Gasteiger partial charge in [0.25, 0.3) is 6.85 Å². The molecular weight excluding hydrogens is 1650 g/mol. The lowest BCUT2D eigenvalue weighted by molar-refractivity contribution is 0.0190. The third-order valence-electron chi connectivity index (χ3n) is 20.9. The molecule has 9 aromatic rings. The van der Waals surface area contributed by atoms with Crippen molar-refractivity contribution in [1.29, 1.82) is 0 Å². The van der Waals surface area contributed by atoms with Crippen LogP contribution >= 0.6 is 37.6 Å². The quantitative estimate of drug-likeness (QED) is 0.0526. The molecule has 9 rings (SSSR count). The normalized spacial score (nSPS) is 12.5. The van der Waals surface area contributed by atoms with E-state index in [2.05, 4.69) is 188 Å². The molecule has 1 aromatic heterocycles. The van der Waals surface area contributed by atoms with E-state index >= 15 is 0 Å². The first-order valence-electron chi connectivity index (χ1n) is 43.1. The fraction of sp³-hybridized carbons (Fsp3) is 0.519. The molecule has 0 saturated carbocycles. The molecule has 0 spiro atoms. The van der Waals surface area contributed by atoms with Crippen LogP contribution in [0.5, 0.6) is 57.5 Å². The van der Waals surface area contributed by atoms with Gasteiger partial charge in [-0.15, -0.1) is 0 Å². The molecule has 0 fully saturated rings. The van der Waals surface area contributed by atoms with Gasteiger partial charge in [0, 0.05) is 88.7 Å². The van der Waals surface area contributed by atoms with Crippen molar-refractivity contribution < 1.29 is 75.1 Å². The highest BCUT2D eigenvalue weighted by Gasteiger charge is 2.37. The fourth-order valence-corrected chi connectivity index (χ4v) is 16.3. The molecular formula is C104H147Cl2NO16P2. The number of hydrogen-bond acceptors (Lipinski definition) is 17. The van der Waals surface area contributed by atoms with Crippen molar-refractivity contribution in [3.63, 3.8) is 0 Å². The Labute approximate surface area is 760 Å². The molecule has 0 atom stereocenters. The number of nitrogens with zero attached hydrogens (tertiary/aromatic N) is 1. The summed E-state index contributed by atoms with van der Waals surface area (Å²) in [5.74, 6) is 4.96. The summed E-state index contributed by atoms with van der Waals surface area (Å²) < 4.78 is 73.6. The van der Waals surface area contributed by atoms with Crippen molar-refractivity contribution >= 4 is 71.8 Å². The minimum Gasteiger partial charge on any atom is -0.507 e. The SMILES string of the molecule is CCN(CC)CC.COc1cc(-c2cc(OC)cc(C(C)(C)C)c2O)c(O)c(C(C)(C)C)c1.COc1cc(C(C)(C)C)c2op(Oc3c(-c4cc(C)cc(C(C)(C)C)c4OC(=O)OC(C)(C)C)cc(C)cc3C(C)(C)C)oc3c(C(C)(C)C)cc(OC)cc3c2c1.Cc1cc(-c2cc(C)cc(C(C)(C)C)c2OP(Cl)Cl)c(OC(=O)OC(C)(C)C)c(C(C)(C)C)c1. The summed E-state index contributed by atoms with van der Waals surface area (Å²) in [7, 11) is 4.36. The van der Waals surface area contributed by atoms with Crippen molar-refractivity contribution in [3.05, 3.63) is 164 Å². The minimum absolute atomic E-state index is 0.140. The topological polar surface area (TPSA) is 196 Å². The zero-order chi connectivity index (χ0) is 95.3. The van der Waals surface area contributed by atoms with Crippen LogP contribution in [-0.2, 0) is 52.8 Å². The Morgan fingerprint density at radius 2 is 0.592 bits per heavy atom. The lowest BCUT2D eigenvalue weighted by Crippen LogP contribution is -2.27. The number of methoxy groups -OCH3 is 4. The molecule has 17 nitrogen and oxygen atoms in total. The van der Waals surface area contributed by atoms with Gasteiger partial charge in [0.05, 0.1) is 28.4 Å². The van der Waals surface area contributed by atoms with E-state index in [0.29, 0.717) is 73.9 Å². The highest BCUT2D eigenvalue weighted by Crippen LogP contribution is 2.57. The molecule has 0 saturated heterocycles. The van der Waals surface area contributed by atoms with E-state index in [0.717, 1.165) is 94.2 Å². The molecule has 0 aliphatic rings. The number of rotatable bonds is 16. The first-order chi connectivity index (χ1) is 57.0. The van der Waals surface area contributed by atoms with Gasteiger partial charge in [-0.25, -0.2) is 9.59 Å². The third-order valence-corrected chi connectivity index (χ3v) is 22.7. The second-order valence-corrected chi connectivity index (χ2v) is 46.5. The predicted octanol–water partition coefficient (Wildman–Crippen LogP) is 31.6. The standard InChI is InChI=1S/C49H65O8P.C27H37Cl2O4P.C22H30O4.C6H15N/c1-28-20-32(40(36(22-28)45(3,4)5)53-44(50)54-49(15,16)17)33-21-29(2)23-37(46(6,7)8)41(33)55-58-56-42-34(24-30(51-18)26-38(42)47(9,10)11)35-25-31(52-19)27-39(43(35)57-58)48(12,13)14;1-16-12-18(19-13-17(2)15-21(26(6,7)8)23(19)33-34(28)29)22(20(14-16)25(3,4)5)31-24(30)32-27(9,10)11;1-21(2,3)17-11-13(25-7)9-15(19(17)23)16-10-14(26-8)12-18(20(16)24)22(4,5)6;1-4-7(5-2)6-3/h20-27H,1-19H3;12-15H,1-11H3;9-12,23-24H,1-8H3;4-6H2,1-3H3. The third kappa shape index (κ3) is 27.8. The Kier molecular flexibility index (Phi) is 34.1. The number of hydrogen-bond donors (Lipinski definition) is 2. The van der Waals surface area contributed by atoms with Crippen LogP contribution in [0.15, 0.2) is 105 Å². The van der Waals surface area contributed by atoms with Gasteiger partial charge in [0.2, 0.25) is 0 Å². The van der Waals surface area contributed by atoms with E-state index in [1.807, 2.05) is 137 Å². The number of aromatic hydroxyl groups is 2. The van der Waals surface area contributed by atoms with E-state index in [1.165, 1.54) is 19.6 Å². The average Bonchev–Trinajstić information content (AvgIpc) is 1.71. The van der Waals surface area contributed by atoms with Crippen molar-refractivity contribution in [2.75, 3.05) is 48.1 Å². The maximum absolute atomic E-state index is 13.5. The number of ether oxygens (including phenoxy) is 8. The fourth-order valence-electron chi connectivity index (χ4n) is 14.4. The molecule has 688 valence electrons. The Bertz CT molecular complexity index is 5190. The van der Waals surface area contributed by atoms with Gasteiger partial charge in [0.15, 0.2) is 0 Å². The highest BCUT2D eigenvalue weighted by molar-refractivity contribution is 8.00. The first-order valence-corrected chi connectivity index (χ1v) is 47.3. The molecule has 2 N–H and O–H groups in total. The largest absolute Gasteiger partial charge is 0.514 e. The van der Waals surface area contributed by atoms with Crippen molar-refractivity contribution in [2.24, 2.45) is 0 Å². The Morgan fingerprint density at radius 3 is 0.840 bits per heavy atom. The number of phenols is 2. The van der Waals surface area contributed by atoms with Gasteiger partial charge in [-0.3, -0.25) is 0 Å². The Hall–Kier alpha value is -8.43. The number of benzene rings is 8. The number of aryl methyl sites for hydroxylation is 4. The lowest BCUT2D eigenvalue weighted by Gasteiger charge is -2.29. The molecule has 125 heavy (non-hydrogen) atoms. The molecule has 0 bridgehead atoms. The zero-order valence-corrected chi connectivity index (χ0v) is 86.4. The number of halogens is 2. The van der Waals surface area contributed by atoms with Crippen LogP contribution < -0.4 is 37.5 Å². The summed E-state index contributed by atoms with van der Waals surface area (Å²) in [6.07, 6.45) is -1.54. The van der Waals surface area contributed by atoms with Crippen LogP contribution in [0.1, 0.15) is 295 Å². The second kappa shape index (κ2) is 40.5. The van der Waals surface area contributed by atoms with E-state index in [-0.39, 0.29) is 49.4 Å². The molecule has 8 aromatic carbocycles. The Morgan fingerprint density at radius 1 is 0.344 bits per heavy atom. The van der Waals surface area contributed by atoms with Crippen molar-refractivity contribution in [3.8, 4) is 90.9 Å². The summed E-state index contributed by atoms with van der Waals surface area (Å²) in [5.41, 5.74) is 12.4. The molecule has 0 aliphatic carbocycles. The summed E-state index contributed by atoms with van der Waals surface area (Å²) >= 11 is 12.3. The molecule has 0 amide bonds. The maximum Gasteiger partial charge on any atom is 0.514 e. The number of fused-ring (bicyclic) bond motifs is 3. The summed E-state index contributed by atoms with van der Waals surface area (Å²) in [6.45, 7) is 77.9. The zero-order valence-electron chi connectivity index (χ0n) is 83.1. The first kappa shape index (κ1) is 105. The van der Waals surface area contributed by atoms with Gasteiger partial charge in [0.1, 0.15) is 79.9 Å². The lowest BCUT2D eigenvalue weighted by atomic mass is 9.80. The minimum atomic E-state index is -2.18. The average molecular weight is 1800 g/mol. The monoisotopic (exact) mass is 1800 g/mol. The number of phenolic OH excluding ortho intramolecular Hbond substituents is 2. The van der Waals surface area contributed by atoms with E-state index in [4.69, 9.17) is 77.8 Å². The molecule has 1 heterocycles. The number of carbonyl (C=O) groups excluding carboxylic acids is 2. The molecule has 21 heteroatoms. The number of carbonyl (C=O) groups is 2. The smallest absolute Gasteiger partial charge is 0.507 e. The maximum atomic E-state index is 13.5. The molecule has 0 radical (unpaired) electrons.